The van der Waals surface area contributed by atoms with Crippen molar-refractivity contribution in [1.82, 2.24) is 14.5 Å². The summed E-state index contributed by atoms with van der Waals surface area (Å²) in [4.78, 5) is 18.2. The van der Waals surface area contributed by atoms with Gasteiger partial charge >= 0.3 is 0 Å². The standard InChI is InChI=1S/C17H20ClN3O3/c18-13-3-1-2-4-16(13)24-11-17(23)20-8-5-14(15(22)6-9-20)21-10-7-19-12-21/h1-4,7,10,12,14-15,22H,5-6,8-9,11H2/t14-,15-/m0/s1. The van der Waals surface area contributed by atoms with Gasteiger partial charge in [0.2, 0.25) is 0 Å². The number of aliphatic hydroxyl groups excluding tert-OH is 1. The van der Waals surface area contributed by atoms with Crippen molar-refractivity contribution in [3.8, 4) is 5.75 Å². The molecule has 0 bridgehead atoms. The fourth-order valence-electron chi connectivity index (χ4n) is 2.93. The highest BCUT2D eigenvalue weighted by Gasteiger charge is 2.28. The Morgan fingerprint density at radius 3 is 2.88 bits per heavy atom. The van der Waals surface area contributed by atoms with Gasteiger partial charge in [0.1, 0.15) is 5.75 Å². The summed E-state index contributed by atoms with van der Waals surface area (Å²) in [5.41, 5.74) is 0. The van der Waals surface area contributed by atoms with Gasteiger partial charge in [-0.1, -0.05) is 23.7 Å². The summed E-state index contributed by atoms with van der Waals surface area (Å²) in [6.07, 6.45) is 5.94. The molecule has 1 aliphatic rings. The largest absolute Gasteiger partial charge is 0.482 e. The number of hydrogen-bond donors (Lipinski definition) is 1. The van der Waals surface area contributed by atoms with Gasteiger partial charge in [0, 0.05) is 25.5 Å². The van der Waals surface area contributed by atoms with E-state index in [1.165, 1.54) is 0 Å². The molecule has 1 saturated heterocycles. The van der Waals surface area contributed by atoms with Gasteiger partial charge in [-0.15, -0.1) is 0 Å². The molecular weight excluding hydrogens is 330 g/mol. The molecule has 128 valence electrons. The smallest absolute Gasteiger partial charge is 0.260 e. The Hall–Kier alpha value is -2.05. The first kappa shape index (κ1) is 16.8. The minimum absolute atomic E-state index is 0.0599. The third-order valence-corrected chi connectivity index (χ3v) is 4.59. The summed E-state index contributed by atoms with van der Waals surface area (Å²) >= 11 is 6.02. The van der Waals surface area contributed by atoms with Crippen molar-refractivity contribution in [2.45, 2.75) is 25.0 Å². The molecule has 2 heterocycles. The number of hydrogen-bond acceptors (Lipinski definition) is 4. The monoisotopic (exact) mass is 349 g/mol. The van der Waals surface area contributed by atoms with E-state index < -0.39 is 6.10 Å². The molecule has 2 aromatic rings. The highest BCUT2D eigenvalue weighted by Crippen LogP contribution is 2.25. The predicted molar refractivity (Wildman–Crippen MR) is 90.0 cm³/mol. The Kier molecular flexibility index (Phi) is 5.37. The van der Waals surface area contributed by atoms with Crippen LogP contribution in [0.4, 0.5) is 0 Å². The van der Waals surface area contributed by atoms with E-state index in [0.29, 0.717) is 36.7 Å². The number of carbonyl (C=O) groups excluding carboxylic acids is 1. The molecule has 1 fully saturated rings. The lowest BCUT2D eigenvalue weighted by molar-refractivity contribution is -0.133. The maximum atomic E-state index is 12.4. The third-order valence-electron chi connectivity index (χ3n) is 4.28. The second-order valence-electron chi connectivity index (χ2n) is 5.82. The van der Waals surface area contributed by atoms with E-state index in [4.69, 9.17) is 16.3 Å². The SMILES string of the molecule is O=C(COc1ccccc1Cl)N1CC[C@H](O)[C@@H](n2ccnc2)CC1. The number of benzene rings is 1. The molecule has 0 aliphatic carbocycles. The molecule has 1 aliphatic heterocycles. The van der Waals surface area contributed by atoms with Gasteiger partial charge in [0.05, 0.1) is 23.5 Å². The quantitative estimate of drug-likeness (QED) is 0.918. The van der Waals surface area contributed by atoms with E-state index in [2.05, 4.69) is 4.98 Å². The molecule has 7 heteroatoms. The number of rotatable bonds is 4. The van der Waals surface area contributed by atoms with Crippen LogP contribution in [0.15, 0.2) is 43.0 Å². The third kappa shape index (κ3) is 3.88. The van der Waals surface area contributed by atoms with Crippen LogP contribution >= 0.6 is 11.6 Å². The van der Waals surface area contributed by atoms with E-state index in [1.54, 1.807) is 29.6 Å². The highest BCUT2D eigenvalue weighted by molar-refractivity contribution is 6.32. The zero-order valence-corrected chi connectivity index (χ0v) is 14.0. The van der Waals surface area contributed by atoms with Crippen LogP contribution in [-0.2, 0) is 4.79 Å². The minimum Gasteiger partial charge on any atom is -0.482 e. The Labute approximate surface area is 145 Å². The summed E-state index contributed by atoms with van der Waals surface area (Å²) in [6.45, 7) is 1.03. The maximum absolute atomic E-state index is 12.4. The average Bonchev–Trinajstić information content (AvgIpc) is 3.04. The molecule has 2 atom stereocenters. The van der Waals surface area contributed by atoms with Crippen LogP contribution in [0.5, 0.6) is 5.75 Å². The summed E-state index contributed by atoms with van der Waals surface area (Å²) in [7, 11) is 0. The van der Waals surface area contributed by atoms with Crippen molar-refractivity contribution in [3.63, 3.8) is 0 Å². The van der Waals surface area contributed by atoms with E-state index in [0.717, 1.165) is 0 Å². The van der Waals surface area contributed by atoms with Crippen molar-refractivity contribution in [2.24, 2.45) is 0 Å². The summed E-state index contributed by atoms with van der Waals surface area (Å²) < 4.78 is 7.42. The van der Waals surface area contributed by atoms with Crippen LogP contribution in [0.25, 0.3) is 0 Å². The average molecular weight is 350 g/mol. The van der Waals surface area contributed by atoms with Gasteiger partial charge in [-0.25, -0.2) is 4.98 Å². The molecule has 1 aromatic carbocycles. The first-order valence-electron chi connectivity index (χ1n) is 7.96. The fourth-order valence-corrected chi connectivity index (χ4v) is 3.12. The van der Waals surface area contributed by atoms with Gasteiger partial charge in [-0.3, -0.25) is 4.79 Å². The van der Waals surface area contributed by atoms with Crippen molar-refractivity contribution >= 4 is 17.5 Å². The molecule has 24 heavy (non-hydrogen) atoms. The normalized spacial score (nSPS) is 21.3. The second-order valence-corrected chi connectivity index (χ2v) is 6.23. The van der Waals surface area contributed by atoms with Crippen LogP contribution < -0.4 is 4.74 Å². The number of halogens is 1. The molecule has 3 rings (SSSR count). The lowest BCUT2D eigenvalue weighted by atomic mass is 10.1. The van der Waals surface area contributed by atoms with Gasteiger partial charge in [-0.05, 0) is 25.0 Å². The summed E-state index contributed by atoms with van der Waals surface area (Å²) in [5.74, 6) is 0.395. The fraction of sp³-hybridized carbons (Fsp3) is 0.412. The molecule has 0 saturated carbocycles. The molecule has 1 N–H and O–H groups in total. The summed E-state index contributed by atoms with van der Waals surface area (Å²) in [6, 6.07) is 7.01. The van der Waals surface area contributed by atoms with E-state index >= 15 is 0 Å². The Balaban J connectivity index is 1.57. The number of carbonyl (C=O) groups is 1. The Morgan fingerprint density at radius 2 is 2.12 bits per heavy atom. The molecule has 0 spiro atoms. The topological polar surface area (TPSA) is 67.6 Å². The van der Waals surface area contributed by atoms with E-state index in [9.17, 15) is 9.90 Å². The number of ether oxygens (including phenoxy) is 1. The number of nitrogens with zero attached hydrogens (tertiary/aromatic N) is 3. The number of likely N-dealkylation sites (tertiary alicyclic amines) is 1. The molecular formula is C17H20ClN3O3. The number of aromatic nitrogens is 2. The van der Waals surface area contributed by atoms with Gasteiger partial charge < -0.3 is 19.3 Å². The molecule has 0 radical (unpaired) electrons. The van der Waals surface area contributed by atoms with Crippen LogP contribution in [0, 0.1) is 0 Å². The first-order valence-corrected chi connectivity index (χ1v) is 8.33. The maximum Gasteiger partial charge on any atom is 0.260 e. The number of imidazole rings is 1. The lowest BCUT2D eigenvalue weighted by Gasteiger charge is -2.21. The Bertz CT molecular complexity index is 677. The molecule has 6 nitrogen and oxygen atoms in total. The molecule has 0 unspecified atom stereocenters. The number of aliphatic hydroxyl groups is 1. The van der Waals surface area contributed by atoms with Gasteiger partial charge in [0.15, 0.2) is 6.61 Å². The molecule has 1 amide bonds. The zero-order valence-electron chi connectivity index (χ0n) is 13.2. The van der Waals surface area contributed by atoms with Gasteiger partial charge in [-0.2, -0.15) is 0 Å². The Morgan fingerprint density at radius 1 is 1.33 bits per heavy atom. The number of para-hydroxylation sites is 1. The van der Waals surface area contributed by atoms with Crippen molar-refractivity contribution in [1.29, 1.82) is 0 Å². The van der Waals surface area contributed by atoms with E-state index in [-0.39, 0.29) is 18.6 Å². The van der Waals surface area contributed by atoms with Crippen molar-refractivity contribution < 1.29 is 14.6 Å². The summed E-state index contributed by atoms with van der Waals surface area (Å²) in [5, 5.41) is 10.8. The van der Waals surface area contributed by atoms with E-state index in [1.807, 2.05) is 22.9 Å². The van der Waals surface area contributed by atoms with Crippen molar-refractivity contribution in [3.05, 3.63) is 48.0 Å². The predicted octanol–water partition coefficient (Wildman–Crippen LogP) is 2.14. The molecule has 1 aromatic heterocycles. The highest BCUT2D eigenvalue weighted by atomic mass is 35.5. The van der Waals surface area contributed by atoms with Crippen LogP contribution in [0.1, 0.15) is 18.9 Å². The number of amides is 1. The lowest BCUT2D eigenvalue weighted by Crippen LogP contribution is -2.36. The zero-order chi connectivity index (χ0) is 16.9. The van der Waals surface area contributed by atoms with Crippen LogP contribution in [0.2, 0.25) is 5.02 Å². The minimum atomic E-state index is -0.499. The van der Waals surface area contributed by atoms with Crippen LogP contribution in [0.3, 0.4) is 0 Å². The second kappa shape index (κ2) is 7.68. The van der Waals surface area contributed by atoms with Crippen LogP contribution in [-0.4, -0.2) is 51.3 Å². The van der Waals surface area contributed by atoms with Gasteiger partial charge in [0.25, 0.3) is 5.91 Å². The first-order chi connectivity index (χ1) is 11.6. The van der Waals surface area contributed by atoms with Crippen molar-refractivity contribution in [2.75, 3.05) is 19.7 Å².